The van der Waals surface area contributed by atoms with E-state index in [1.165, 1.54) is 0 Å². The molecule has 2 aliphatic heterocycles. The topological polar surface area (TPSA) is 77.7 Å². The fourth-order valence-electron chi connectivity index (χ4n) is 4.34. The Morgan fingerprint density at radius 1 is 1.30 bits per heavy atom. The molecule has 1 aromatic rings. The molecule has 2 aliphatic rings. The van der Waals surface area contributed by atoms with Gasteiger partial charge in [0.25, 0.3) is 5.91 Å². The number of hydrogen-bond donors (Lipinski definition) is 2. The minimum atomic E-state index is -0.161. The van der Waals surface area contributed by atoms with E-state index in [0.717, 1.165) is 38.3 Å². The number of aryl methyl sites for hydroxylation is 1. The number of nitrogens with zero attached hydrogens (tertiary/aromatic N) is 2. The van der Waals surface area contributed by atoms with Gasteiger partial charge in [0, 0.05) is 56.8 Å². The van der Waals surface area contributed by atoms with Crippen LogP contribution in [0, 0.1) is 6.92 Å². The second kappa shape index (κ2) is 8.89. The number of nitrogens with one attached hydrogen (secondary N) is 2. The number of likely N-dealkylation sites (N-methyl/N-ethyl adjacent to an activating group) is 1. The zero-order chi connectivity index (χ0) is 19.4. The summed E-state index contributed by atoms with van der Waals surface area (Å²) in [6.45, 7) is 9.56. The smallest absolute Gasteiger partial charge is 0.253 e. The van der Waals surface area contributed by atoms with E-state index in [9.17, 15) is 9.59 Å². The summed E-state index contributed by atoms with van der Waals surface area (Å²) in [5, 5.41) is 3.15. The first kappa shape index (κ1) is 19.9. The number of carbonyl (C=O) groups is 2. The van der Waals surface area contributed by atoms with Crippen LogP contribution in [0.5, 0.6) is 0 Å². The van der Waals surface area contributed by atoms with Gasteiger partial charge in [-0.25, -0.2) is 0 Å². The molecule has 1 aromatic heterocycles. The molecular weight excluding hydrogens is 344 g/mol. The molecule has 7 heteroatoms. The Balaban J connectivity index is 1.73. The van der Waals surface area contributed by atoms with Crippen LogP contribution >= 0.6 is 0 Å². The third-order valence-electron chi connectivity index (χ3n) is 5.89. The number of amides is 2. The molecule has 7 nitrogen and oxygen atoms in total. The summed E-state index contributed by atoms with van der Waals surface area (Å²) >= 11 is 0. The average Bonchev–Trinajstić information content (AvgIpc) is 3.29. The van der Waals surface area contributed by atoms with Crippen molar-refractivity contribution in [1.29, 1.82) is 0 Å². The van der Waals surface area contributed by atoms with E-state index in [-0.39, 0.29) is 23.9 Å². The highest BCUT2D eigenvalue weighted by Gasteiger charge is 2.42. The summed E-state index contributed by atoms with van der Waals surface area (Å²) in [4.78, 5) is 33.0. The van der Waals surface area contributed by atoms with Crippen molar-refractivity contribution in [2.75, 3.05) is 32.8 Å². The maximum absolute atomic E-state index is 13.1. The van der Waals surface area contributed by atoms with Crippen molar-refractivity contribution in [2.24, 2.45) is 0 Å². The van der Waals surface area contributed by atoms with Gasteiger partial charge in [0.1, 0.15) is 0 Å². The lowest BCUT2D eigenvalue weighted by Crippen LogP contribution is -2.50. The molecule has 0 bridgehead atoms. The maximum Gasteiger partial charge on any atom is 0.253 e. The minimum Gasteiger partial charge on any atom is -0.381 e. The highest BCUT2D eigenvalue weighted by Crippen LogP contribution is 2.27. The maximum atomic E-state index is 13.1. The molecule has 3 rings (SSSR count). The second-order valence-electron chi connectivity index (χ2n) is 7.49. The van der Waals surface area contributed by atoms with Crippen LogP contribution in [0.1, 0.15) is 49.2 Å². The van der Waals surface area contributed by atoms with Gasteiger partial charge in [-0.3, -0.25) is 14.5 Å². The lowest BCUT2D eigenvalue weighted by molar-refractivity contribution is -0.137. The van der Waals surface area contributed by atoms with Crippen LogP contribution in [-0.4, -0.2) is 77.6 Å². The molecule has 3 heterocycles. The largest absolute Gasteiger partial charge is 0.381 e. The van der Waals surface area contributed by atoms with E-state index < -0.39 is 0 Å². The number of H-pyrrole nitrogens is 1. The number of carbonyl (C=O) groups excluding carboxylic acids is 2. The molecule has 0 radical (unpaired) electrons. The van der Waals surface area contributed by atoms with Crippen LogP contribution in [0.25, 0.3) is 0 Å². The van der Waals surface area contributed by atoms with Gasteiger partial charge in [0.05, 0.1) is 11.6 Å². The average molecular weight is 377 g/mol. The van der Waals surface area contributed by atoms with Crippen molar-refractivity contribution < 1.29 is 14.3 Å². The van der Waals surface area contributed by atoms with Crippen molar-refractivity contribution in [3.63, 3.8) is 0 Å². The van der Waals surface area contributed by atoms with Gasteiger partial charge in [-0.15, -0.1) is 0 Å². The van der Waals surface area contributed by atoms with Gasteiger partial charge in [0.15, 0.2) is 0 Å². The zero-order valence-electron chi connectivity index (χ0n) is 16.7. The summed E-state index contributed by atoms with van der Waals surface area (Å²) in [6.07, 6.45) is 4.33. The summed E-state index contributed by atoms with van der Waals surface area (Å²) in [5.74, 6) is 0.114. The van der Waals surface area contributed by atoms with E-state index in [0.29, 0.717) is 31.1 Å². The zero-order valence-corrected chi connectivity index (χ0v) is 16.7. The lowest BCUT2D eigenvalue weighted by Gasteiger charge is -2.36. The number of likely N-dealkylation sites (tertiary alicyclic amines) is 1. The Morgan fingerprint density at radius 3 is 2.59 bits per heavy atom. The van der Waals surface area contributed by atoms with Gasteiger partial charge < -0.3 is 19.9 Å². The summed E-state index contributed by atoms with van der Waals surface area (Å²) < 4.78 is 5.50. The quantitative estimate of drug-likeness (QED) is 0.790. The molecule has 2 atom stereocenters. The van der Waals surface area contributed by atoms with E-state index in [1.54, 1.807) is 12.3 Å². The molecule has 2 N–H and O–H groups in total. The van der Waals surface area contributed by atoms with Crippen LogP contribution in [0.3, 0.4) is 0 Å². The predicted octanol–water partition coefficient (Wildman–Crippen LogP) is 1.54. The Hall–Kier alpha value is -1.86. The number of hydrogen-bond acceptors (Lipinski definition) is 4. The highest BCUT2D eigenvalue weighted by molar-refractivity contribution is 5.95. The van der Waals surface area contributed by atoms with E-state index >= 15 is 0 Å². The minimum absolute atomic E-state index is 0.0147. The molecule has 27 heavy (non-hydrogen) atoms. The van der Waals surface area contributed by atoms with E-state index in [4.69, 9.17) is 4.74 Å². The van der Waals surface area contributed by atoms with Crippen molar-refractivity contribution in [3.05, 3.63) is 23.5 Å². The van der Waals surface area contributed by atoms with E-state index in [2.05, 4.69) is 15.2 Å². The number of ether oxygens (including phenoxy) is 1. The van der Waals surface area contributed by atoms with Crippen molar-refractivity contribution >= 4 is 11.8 Å². The molecule has 0 spiro atoms. The molecule has 2 fully saturated rings. The Labute approximate surface area is 161 Å². The molecule has 2 amide bonds. The van der Waals surface area contributed by atoms with Gasteiger partial charge in [-0.2, -0.15) is 0 Å². The molecule has 0 unspecified atom stereocenters. The highest BCUT2D eigenvalue weighted by atomic mass is 16.5. The Bertz CT molecular complexity index is 649. The SMILES string of the molecule is CCN(CC)C(=O)[C@@H]1C[C@@H](NC(=O)c2cc[nH]c2C)CN1C1CCOCC1. The van der Waals surface area contributed by atoms with Gasteiger partial charge in [0.2, 0.25) is 5.91 Å². The first-order chi connectivity index (χ1) is 13.0. The fourth-order valence-corrected chi connectivity index (χ4v) is 4.34. The summed E-state index contributed by atoms with van der Waals surface area (Å²) in [6, 6.07) is 1.97. The van der Waals surface area contributed by atoms with E-state index in [1.807, 2.05) is 25.7 Å². The molecule has 150 valence electrons. The second-order valence-corrected chi connectivity index (χ2v) is 7.49. The third-order valence-corrected chi connectivity index (χ3v) is 5.89. The lowest BCUT2D eigenvalue weighted by atomic mass is 10.0. The molecule has 0 saturated carbocycles. The summed E-state index contributed by atoms with van der Waals surface area (Å²) in [7, 11) is 0. The first-order valence-corrected chi connectivity index (χ1v) is 10.1. The Kier molecular flexibility index (Phi) is 6.55. The third kappa shape index (κ3) is 4.35. The predicted molar refractivity (Wildman–Crippen MR) is 104 cm³/mol. The van der Waals surface area contributed by atoms with Crippen molar-refractivity contribution in [1.82, 2.24) is 20.1 Å². The van der Waals surface area contributed by atoms with Crippen molar-refractivity contribution in [3.8, 4) is 0 Å². The molecule has 0 aromatic carbocycles. The van der Waals surface area contributed by atoms with Crippen LogP contribution in [0.2, 0.25) is 0 Å². The Morgan fingerprint density at radius 2 is 2.00 bits per heavy atom. The van der Waals surface area contributed by atoms with Crippen LogP contribution in [0.15, 0.2) is 12.3 Å². The molecule has 0 aliphatic carbocycles. The molecular formula is C20H32N4O3. The van der Waals surface area contributed by atoms with Gasteiger partial charge >= 0.3 is 0 Å². The molecule has 2 saturated heterocycles. The standard InChI is InChI=1S/C20H32N4O3/c1-4-23(5-2)20(26)18-12-15(13-24(18)16-7-10-27-11-8-16)22-19(25)17-6-9-21-14(17)3/h6,9,15-16,18,21H,4-5,7-8,10-13H2,1-3H3,(H,22,25)/t15-,18+/m1/s1. The fraction of sp³-hybridized carbons (Fsp3) is 0.700. The number of rotatable bonds is 6. The van der Waals surface area contributed by atoms with Crippen molar-refractivity contribution in [2.45, 2.75) is 58.2 Å². The first-order valence-electron chi connectivity index (χ1n) is 10.1. The normalized spacial score (nSPS) is 24.1. The summed E-state index contributed by atoms with van der Waals surface area (Å²) in [5.41, 5.74) is 1.54. The van der Waals surface area contributed by atoms with Gasteiger partial charge in [-0.1, -0.05) is 0 Å². The van der Waals surface area contributed by atoms with Gasteiger partial charge in [-0.05, 0) is 46.1 Å². The van der Waals surface area contributed by atoms with Crippen LogP contribution in [-0.2, 0) is 9.53 Å². The number of aromatic nitrogens is 1. The number of aromatic amines is 1. The van der Waals surface area contributed by atoms with Crippen LogP contribution in [0.4, 0.5) is 0 Å². The monoisotopic (exact) mass is 376 g/mol. The van der Waals surface area contributed by atoms with Crippen LogP contribution < -0.4 is 5.32 Å².